The molecule has 2 unspecified atom stereocenters. The summed E-state index contributed by atoms with van der Waals surface area (Å²) in [5.74, 6) is -0.878. The van der Waals surface area contributed by atoms with Crippen molar-refractivity contribution in [1.82, 2.24) is 0 Å². The highest BCUT2D eigenvalue weighted by Crippen LogP contribution is 2.22. The van der Waals surface area contributed by atoms with Crippen molar-refractivity contribution in [3.05, 3.63) is 48.6 Å². The molecule has 1 saturated heterocycles. The molecule has 0 bridgehead atoms. The fourth-order valence-electron chi connectivity index (χ4n) is 6.57. The first-order chi connectivity index (χ1) is 27.8. The van der Waals surface area contributed by atoms with E-state index in [0.717, 1.165) is 57.8 Å². The number of rotatable bonds is 37. The van der Waals surface area contributed by atoms with Crippen molar-refractivity contribution >= 4 is 11.9 Å². The lowest BCUT2D eigenvalue weighted by atomic mass is 9.99. The molecule has 6 atom stereocenters. The van der Waals surface area contributed by atoms with Gasteiger partial charge in [0, 0.05) is 12.8 Å². The van der Waals surface area contributed by atoms with Gasteiger partial charge in [0.05, 0.1) is 13.2 Å². The molecule has 0 spiro atoms. The van der Waals surface area contributed by atoms with Crippen molar-refractivity contribution in [2.75, 3.05) is 19.8 Å². The topological polar surface area (TPSA) is 152 Å². The minimum absolute atomic E-state index is 0.162. The summed E-state index contributed by atoms with van der Waals surface area (Å²) >= 11 is 0. The first kappa shape index (κ1) is 52.7. The van der Waals surface area contributed by atoms with E-state index in [1.54, 1.807) is 0 Å². The molecule has 330 valence electrons. The third-order valence-electron chi connectivity index (χ3n) is 10.2. The maximum absolute atomic E-state index is 12.7. The molecule has 57 heavy (non-hydrogen) atoms. The van der Waals surface area contributed by atoms with Crippen molar-refractivity contribution in [1.29, 1.82) is 0 Å². The molecule has 1 rings (SSSR count). The number of carbonyl (C=O) groups is 2. The summed E-state index contributed by atoms with van der Waals surface area (Å²) in [4.78, 5) is 25.3. The van der Waals surface area contributed by atoms with E-state index in [2.05, 4.69) is 62.5 Å². The molecule has 0 aromatic rings. The first-order valence-electron chi connectivity index (χ1n) is 22.7. The zero-order valence-electron chi connectivity index (χ0n) is 35.8. The van der Waals surface area contributed by atoms with Crippen LogP contribution in [0.3, 0.4) is 0 Å². The number of unbranched alkanes of at least 4 members (excludes halogenated alkanes) is 19. The van der Waals surface area contributed by atoms with Crippen LogP contribution in [0, 0.1) is 0 Å². The molecule has 0 aromatic carbocycles. The van der Waals surface area contributed by atoms with Gasteiger partial charge >= 0.3 is 11.9 Å². The van der Waals surface area contributed by atoms with Gasteiger partial charge in [-0.25, -0.2) is 0 Å². The second-order valence-corrected chi connectivity index (χ2v) is 15.5. The zero-order valence-corrected chi connectivity index (χ0v) is 35.8. The summed E-state index contributed by atoms with van der Waals surface area (Å²) in [6.45, 7) is 3.34. The average Bonchev–Trinajstić information content (AvgIpc) is 3.21. The van der Waals surface area contributed by atoms with Gasteiger partial charge in [-0.15, -0.1) is 0 Å². The van der Waals surface area contributed by atoms with Gasteiger partial charge in [0.25, 0.3) is 0 Å². The maximum atomic E-state index is 12.7. The van der Waals surface area contributed by atoms with E-state index in [1.165, 1.54) is 83.5 Å². The normalized spacial score (nSPS) is 20.7. The molecular weight excluding hydrogens is 725 g/mol. The summed E-state index contributed by atoms with van der Waals surface area (Å²) in [6.07, 6.45) is 36.9. The summed E-state index contributed by atoms with van der Waals surface area (Å²) in [5, 5.41) is 40.1. The molecule has 4 N–H and O–H groups in total. The number of hydrogen-bond acceptors (Lipinski definition) is 10. The lowest BCUT2D eigenvalue weighted by Crippen LogP contribution is -2.59. The Labute approximate surface area is 346 Å². The van der Waals surface area contributed by atoms with E-state index in [-0.39, 0.29) is 26.1 Å². The standard InChI is InChI=1S/C47H82O10/c1-3-5-7-9-11-13-15-17-19-20-22-24-26-28-30-32-34-36-43(50)56-40(39-55-47-46(53)45(52)44(51)41(37-48)57-47)38-54-42(49)35-33-31-29-27-25-23-21-18-16-14-12-10-8-6-4-2/h14,16,18,21-22,24,28,30,40-41,44-48,51-53H,3-13,15,17,19-20,23,25-27,29,31-39H2,1-2H3/b16-14+,21-18+,24-22+,30-28+/t40-,41-,44+,45?,46?,47-/m1/s1. The van der Waals surface area contributed by atoms with E-state index in [1.807, 2.05) is 0 Å². The number of allylic oxidation sites excluding steroid dienone is 8. The Hall–Kier alpha value is -2.34. The van der Waals surface area contributed by atoms with Crippen LogP contribution < -0.4 is 0 Å². The molecule has 10 nitrogen and oxygen atoms in total. The maximum Gasteiger partial charge on any atom is 0.306 e. The van der Waals surface area contributed by atoms with Crippen LogP contribution in [0.2, 0.25) is 0 Å². The summed E-state index contributed by atoms with van der Waals surface area (Å²) in [7, 11) is 0. The van der Waals surface area contributed by atoms with Gasteiger partial charge in [0.2, 0.25) is 0 Å². The highest BCUT2D eigenvalue weighted by Gasteiger charge is 2.44. The van der Waals surface area contributed by atoms with E-state index in [0.29, 0.717) is 12.8 Å². The minimum atomic E-state index is -1.61. The Morgan fingerprint density at radius 1 is 0.561 bits per heavy atom. The molecule has 1 aliphatic heterocycles. The number of esters is 2. The van der Waals surface area contributed by atoms with Crippen molar-refractivity contribution in [2.24, 2.45) is 0 Å². The predicted molar refractivity (Wildman–Crippen MR) is 229 cm³/mol. The minimum Gasteiger partial charge on any atom is -0.462 e. The average molecular weight is 807 g/mol. The molecule has 10 heteroatoms. The van der Waals surface area contributed by atoms with Crippen LogP contribution in [0.25, 0.3) is 0 Å². The van der Waals surface area contributed by atoms with Crippen LogP contribution >= 0.6 is 0 Å². The number of hydrogen-bond donors (Lipinski definition) is 4. The van der Waals surface area contributed by atoms with E-state index in [4.69, 9.17) is 18.9 Å². The van der Waals surface area contributed by atoms with E-state index in [9.17, 15) is 30.0 Å². The third kappa shape index (κ3) is 29.5. The predicted octanol–water partition coefficient (Wildman–Crippen LogP) is 9.67. The molecular formula is C47H82O10. The second-order valence-electron chi connectivity index (χ2n) is 15.5. The lowest BCUT2D eigenvalue weighted by Gasteiger charge is -2.39. The first-order valence-corrected chi connectivity index (χ1v) is 22.7. The van der Waals surface area contributed by atoms with Crippen LogP contribution in [-0.2, 0) is 28.5 Å². The largest absolute Gasteiger partial charge is 0.462 e. The van der Waals surface area contributed by atoms with Crippen LogP contribution in [0.5, 0.6) is 0 Å². The smallest absolute Gasteiger partial charge is 0.306 e. The van der Waals surface area contributed by atoms with Crippen molar-refractivity contribution in [2.45, 2.75) is 218 Å². The Kier molecular flexibility index (Phi) is 35.0. The Morgan fingerprint density at radius 3 is 1.63 bits per heavy atom. The molecule has 1 heterocycles. The number of aliphatic hydroxyl groups excluding tert-OH is 4. The number of aliphatic hydroxyl groups is 4. The lowest BCUT2D eigenvalue weighted by molar-refractivity contribution is -0.305. The quantitative estimate of drug-likeness (QED) is 0.0207. The number of carbonyl (C=O) groups excluding carboxylic acids is 2. The SMILES string of the molecule is CCCCCC/C=C/C=C/CCCCCCCC(=O)OC[C@H](CO[C@@H]1O[C@H](CO)[C@H](O)C(O)C1O)OC(=O)CCC/C=C/C/C=C/CCCCCCCCCCC. The Balaban J connectivity index is 2.38. The Morgan fingerprint density at radius 2 is 1.05 bits per heavy atom. The van der Waals surface area contributed by atoms with Gasteiger partial charge in [-0.2, -0.15) is 0 Å². The van der Waals surface area contributed by atoms with Crippen LogP contribution in [0.4, 0.5) is 0 Å². The molecule has 0 aliphatic carbocycles. The van der Waals surface area contributed by atoms with Gasteiger partial charge in [0.15, 0.2) is 12.4 Å². The van der Waals surface area contributed by atoms with Gasteiger partial charge < -0.3 is 39.4 Å². The highest BCUT2D eigenvalue weighted by molar-refractivity contribution is 5.70. The molecule has 0 aromatic heterocycles. The summed E-state index contributed by atoms with van der Waals surface area (Å²) in [6, 6.07) is 0. The third-order valence-corrected chi connectivity index (χ3v) is 10.2. The van der Waals surface area contributed by atoms with Gasteiger partial charge in [-0.3, -0.25) is 9.59 Å². The van der Waals surface area contributed by atoms with E-state index < -0.39 is 55.4 Å². The molecule has 0 radical (unpaired) electrons. The monoisotopic (exact) mass is 807 g/mol. The summed E-state index contributed by atoms with van der Waals surface area (Å²) in [5.41, 5.74) is 0. The Bertz CT molecular complexity index is 1070. The molecule has 0 amide bonds. The van der Waals surface area contributed by atoms with Crippen molar-refractivity contribution < 1.29 is 49.0 Å². The van der Waals surface area contributed by atoms with Gasteiger partial charge in [-0.1, -0.05) is 152 Å². The van der Waals surface area contributed by atoms with Crippen molar-refractivity contribution in [3.8, 4) is 0 Å². The molecule has 1 aliphatic rings. The van der Waals surface area contributed by atoms with E-state index >= 15 is 0 Å². The molecule has 0 saturated carbocycles. The van der Waals surface area contributed by atoms with Crippen LogP contribution in [-0.4, -0.2) is 89.0 Å². The van der Waals surface area contributed by atoms with Crippen LogP contribution in [0.1, 0.15) is 181 Å². The second kappa shape index (κ2) is 37.9. The fourth-order valence-corrected chi connectivity index (χ4v) is 6.57. The zero-order chi connectivity index (χ0) is 41.6. The van der Waals surface area contributed by atoms with Gasteiger partial charge in [-0.05, 0) is 64.2 Å². The fraction of sp³-hybridized carbons (Fsp3) is 0.787. The van der Waals surface area contributed by atoms with Crippen molar-refractivity contribution in [3.63, 3.8) is 0 Å². The summed E-state index contributed by atoms with van der Waals surface area (Å²) < 4.78 is 22.1. The van der Waals surface area contributed by atoms with Gasteiger partial charge in [0.1, 0.15) is 31.0 Å². The number of ether oxygens (including phenoxy) is 4. The molecule has 1 fully saturated rings. The highest BCUT2D eigenvalue weighted by atomic mass is 16.7. The van der Waals surface area contributed by atoms with Crippen LogP contribution in [0.15, 0.2) is 48.6 Å².